The number of halogens is 2. The molecule has 1 aromatic carbocycles. The molecule has 0 aliphatic carbocycles. The average molecular weight is 276 g/mol. The summed E-state index contributed by atoms with van der Waals surface area (Å²) in [6.45, 7) is 3.64. The minimum absolute atomic E-state index is 0.0445. The lowest BCUT2D eigenvalue weighted by Crippen LogP contribution is -2.32. The number of rotatable bonds is 3. The molecule has 0 bridgehead atoms. The molecule has 0 aromatic heterocycles. The third-order valence-electron chi connectivity index (χ3n) is 2.57. The highest BCUT2D eigenvalue weighted by molar-refractivity contribution is 9.10. The van der Waals surface area contributed by atoms with Crippen molar-refractivity contribution in [3.8, 4) is 0 Å². The van der Waals surface area contributed by atoms with E-state index in [0.29, 0.717) is 10.0 Å². The van der Waals surface area contributed by atoms with Gasteiger partial charge in [0, 0.05) is 18.1 Å². The summed E-state index contributed by atoms with van der Waals surface area (Å²) in [6.07, 6.45) is 0. The molecule has 0 aliphatic rings. The van der Waals surface area contributed by atoms with Crippen LogP contribution in [0.2, 0.25) is 0 Å². The van der Waals surface area contributed by atoms with Crippen LogP contribution in [-0.2, 0) is 0 Å². The number of hydrogen-bond donors (Lipinski definition) is 2. The minimum Gasteiger partial charge on any atom is -0.396 e. The van der Waals surface area contributed by atoms with Crippen molar-refractivity contribution in [1.82, 2.24) is 0 Å². The van der Waals surface area contributed by atoms with E-state index < -0.39 is 11.5 Å². The van der Waals surface area contributed by atoms with Gasteiger partial charge in [-0.05, 0) is 27.6 Å². The van der Waals surface area contributed by atoms with E-state index >= 15 is 0 Å². The van der Waals surface area contributed by atoms with Crippen molar-refractivity contribution in [3.63, 3.8) is 0 Å². The quantitative estimate of drug-likeness (QED) is 0.891. The Bertz CT molecular complexity index is 354. The Balaban J connectivity index is 3.12. The molecule has 2 nitrogen and oxygen atoms in total. The van der Waals surface area contributed by atoms with Gasteiger partial charge in [0.05, 0.1) is 4.47 Å². The highest BCUT2D eigenvalue weighted by atomic mass is 79.9. The van der Waals surface area contributed by atoms with Crippen molar-refractivity contribution in [2.24, 2.45) is 11.1 Å². The van der Waals surface area contributed by atoms with Crippen molar-refractivity contribution < 1.29 is 9.50 Å². The maximum absolute atomic E-state index is 13.3. The molecule has 15 heavy (non-hydrogen) atoms. The smallest absolute Gasteiger partial charge is 0.137 e. The summed E-state index contributed by atoms with van der Waals surface area (Å²) in [4.78, 5) is 0. The average Bonchev–Trinajstić information content (AvgIpc) is 2.21. The topological polar surface area (TPSA) is 46.2 Å². The highest BCUT2D eigenvalue weighted by Gasteiger charge is 2.28. The van der Waals surface area contributed by atoms with Gasteiger partial charge in [-0.1, -0.05) is 26.0 Å². The first-order chi connectivity index (χ1) is 6.90. The fraction of sp³-hybridized carbons (Fsp3) is 0.455. The number of aliphatic hydroxyl groups excluding tert-OH is 1. The lowest BCUT2D eigenvalue weighted by molar-refractivity contribution is 0.132. The van der Waals surface area contributed by atoms with Crippen molar-refractivity contribution in [2.75, 3.05) is 6.61 Å². The van der Waals surface area contributed by atoms with E-state index in [1.807, 2.05) is 13.8 Å². The zero-order valence-electron chi connectivity index (χ0n) is 8.80. The van der Waals surface area contributed by atoms with Gasteiger partial charge < -0.3 is 10.8 Å². The van der Waals surface area contributed by atoms with Gasteiger partial charge in [0.15, 0.2) is 0 Å². The van der Waals surface area contributed by atoms with Crippen LogP contribution >= 0.6 is 15.9 Å². The molecule has 0 unspecified atom stereocenters. The Morgan fingerprint density at radius 3 is 2.67 bits per heavy atom. The molecule has 0 fully saturated rings. The van der Waals surface area contributed by atoms with Crippen LogP contribution in [-0.4, -0.2) is 11.7 Å². The fourth-order valence-corrected chi connectivity index (χ4v) is 1.79. The predicted octanol–water partition coefficient (Wildman–Crippen LogP) is 2.61. The van der Waals surface area contributed by atoms with Crippen LogP contribution in [0.25, 0.3) is 0 Å². The van der Waals surface area contributed by atoms with Gasteiger partial charge >= 0.3 is 0 Å². The van der Waals surface area contributed by atoms with E-state index in [0.717, 1.165) is 0 Å². The standard InChI is InChI=1S/C11H15BrFNO/c1-11(2,6-15)10(14)7-4-3-5-8(13)9(7)12/h3-5,10,15H,6,14H2,1-2H3/t10-/m0/s1. The lowest BCUT2D eigenvalue weighted by Gasteiger charge is -2.30. The van der Waals surface area contributed by atoms with Crippen LogP contribution in [0.4, 0.5) is 4.39 Å². The maximum Gasteiger partial charge on any atom is 0.137 e. The molecule has 0 amide bonds. The molecule has 4 heteroatoms. The van der Waals surface area contributed by atoms with Gasteiger partial charge in [0.1, 0.15) is 5.82 Å². The molecule has 0 heterocycles. The Hall–Kier alpha value is -0.450. The molecule has 1 aromatic rings. The summed E-state index contributed by atoms with van der Waals surface area (Å²) >= 11 is 3.17. The third kappa shape index (κ3) is 2.56. The number of benzene rings is 1. The van der Waals surface area contributed by atoms with Crippen molar-refractivity contribution in [3.05, 3.63) is 34.1 Å². The Morgan fingerprint density at radius 1 is 1.53 bits per heavy atom. The minimum atomic E-state index is -0.476. The zero-order valence-corrected chi connectivity index (χ0v) is 10.4. The molecular weight excluding hydrogens is 261 g/mol. The van der Waals surface area contributed by atoms with E-state index in [4.69, 9.17) is 5.73 Å². The van der Waals surface area contributed by atoms with Gasteiger partial charge in [-0.2, -0.15) is 0 Å². The van der Waals surface area contributed by atoms with Crippen LogP contribution in [0.3, 0.4) is 0 Å². The van der Waals surface area contributed by atoms with Gasteiger partial charge in [-0.3, -0.25) is 0 Å². The van der Waals surface area contributed by atoms with Crippen LogP contribution in [0, 0.1) is 11.2 Å². The number of aliphatic hydroxyl groups is 1. The van der Waals surface area contributed by atoms with E-state index in [9.17, 15) is 9.50 Å². The Morgan fingerprint density at radius 2 is 2.13 bits per heavy atom. The number of hydrogen-bond acceptors (Lipinski definition) is 2. The van der Waals surface area contributed by atoms with Gasteiger partial charge in [0.2, 0.25) is 0 Å². The first-order valence-corrected chi connectivity index (χ1v) is 5.50. The fourth-order valence-electron chi connectivity index (χ4n) is 1.28. The SMILES string of the molecule is CC(C)(CO)[C@@H](N)c1cccc(F)c1Br. The lowest BCUT2D eigenvalue weighted by atomic mass is 9.82. The monoisotopic (exact) mass is 275 g/mol. The van der Waals surface area contributed by atoms with E-state index in [-0.39, 0.29) is 12.4 Å². The van der Waals surface area contributed by atoms with Crippen LogP contribution in [0.5, 0.6) is 0 Å². The second-order valence-corrected chi connectivity index (χ2v) is 5.06. The highest BCUT2D eigenvalue weighted by Crippen LogP contribution is 2.35. The summed E-state index contributed by atoms with van der Waals surface area (Å²) in [6, 6.07) is 4.33. The summed E-state index contributed by atoms with van der Waals surface area (Å²) in [5, 5.41) is 9.20. The summed E-state index contributed by atoms with van der Waals surface area (Å²) < 4.78 is 13.6. The molecule has 3 N–H and O–H groups in total. The van der Waals surface area contributed by atoms with Gasteiger partial charge in [-0.15, -0.1) is 0 Å². The summed E-state index contributed by atoms with van der Waals surface area (Å²) in [5.41, 5.74) is 6.20. The van der Waals surface area contributed by atoms with Gasteiger partial charge in [-0.25, -0.2) is 4.39 Å². The maximum atomic E-state index is 13.3. The molecule has 0 aliphatic heterocycles. The largest absolute Gasteiger partial charge is 0.396 e. The van der Waals surface area contributed by atoms with Crippen molar-refractivity contribution in [2.45, 2.75) is 19.9 Å². The molecule has 1 atom stereocenters. The molecule has 1 rings (SSSR count). The molecule has 0 radical (unpaired) electrons. The first kappa shape index (κ1) is 12.6. The van der Waals surface area contributed by atoms with E-state index in [1.54, 1.807) is 12.1 Å². The molecule has 0 spiro atoms. The zero-order chi connectivity index (χ0) is 11.6. The first-order valence-electron chi connectivity index (χ1n) is 4.70. The molecular formula is C11H15BrFNO. The summed E-state index contributed by atoms with van der Waals surface area (Å²) in [7, 11) is 0. The van der Waals surface area contributed by atoms with E-state index in [1.165, 1.54) is 6.07 Å². The van der Waals surface area contributed by atoms with Crippen LogP contribution < -0.4 is 5.73 Å². The predicted molar refractivity (Wildman–Crippen MR) is 61.9 cm³/mol. The van der Waals surface area contributed by atoms with Crippen molar-refractivity contribution in [1.29, 1.82) is 0 Å². The van der Waals surface area contributed by atoms with E-state index in [2.05, 4.69) is 15.9 Å². The molecule has 84 valence electrons. The van der Waals surface area contributed by atoms with Gasteiger partial charge in [0.25, 0.3) is 0 Å². The third-order valence-corrected chi connectivity index (χ3v) is 3.40. The van der Waals surface area contributed by atoms with Crippen LogP contribution in [0.1, 0.15) is 25.5 Å². The number of nitrogens with two attached hydrogens (primary N) is 1. The summed E-state index contributed by atoms with van der Waals surface area (Å²) in [5.74, 6) is -0.336. The second kappa shape index (κ2) is 4.60. The van der Waals surface area contributed by atoms with Crippen molar-refractivity contribution >= 4 is 15.9 Å². The van der Waals surface area contributed by atoms with Crippen LogP contribution in [0.15, 0.2) is 22.7 Å². The normalized spacial score (nSPS) is 14.0. The second-order valence-electron chi connectivity index (χ2n) is 4.27. The Labute approximate surface area is 97.4 Å². The molecule has 0 saturated carbocycles. The Kier molecular flexibility index (Phi) is 3.87. The molecule has 0 saturated heterocycles.